The van der Waals surface area contributed by atoms with Gasteiger partial charge in [-0.15, -0.1) is 0 Å². The summed E-state index contributed by atoms with van der Waals surface area (Å²) in [6.45, 7) is 8.30. The maximum absolute atomic E-state index is 14.5. The van der Waals surface area contributed by atoms with E-state index in [9.17, 15) is 34.2 Å². The number of aliphatic hydroxyl groups excluding tert-OH is 1. The quantitative estimate of drug-likeness (QED) is 0.0998. The van der Waals surface area contributed by atoms with Crippen LogP contribution in [0, 0.1) is 5.92 Å². The number of nitrogens with one attached hydrogen (secondary N) is 3. The number of aromatic amines is 1. The van der Waals surface area contributed by atoms with Crippen LogP contribution in [0.5, 0.6) is 0 Å². The molecule has 3 rings (SSSR count). The average molecular weight is 722 g/mol. The van der Waals surface area contributed by atoms with Gasteiger partial charge in [0.1, 0.15) is 23.7 Å². The van der Waals surface area contributed by atoms with Gasteiger partial charge >= 0.3 is 12.1 Å². The lowest BCUT2D eigenvalue weighted by atomic mass is 9.94. The van der Waals surface area contributed by atoms with E-state index in [0.29, 0.717) is 21.8 Å². The number of nitrogen functional groups attached to an aromatic ring is 1. The molecule has 15 nitrogen and oxygen atoms in total. The Hall–Kier alpha value is -5.28. The van der Waals surface area contributed by atoms with Gasteiger partial charge in [-0.3, -0.25) is 19.3 Å². The summed E-state index contributed by atoms with van der Waals surface area (Å²) in [5.41, 5.74) is 13.5. The molecule has 282 valence electrons. The Labute approximate surface area is 303 Å². The lowest BCUT2D eigenvalue weighted by molar-refractivity contribution is -0.162. The van der Waals surface area contributed by atoms with Gasteiger partial charge in [0, 0.05) is 36.5 Å². The minimum absolute atomic E-state index is 0.0161. The predicted molar refractivity (Wildman–Crippen MR) is 193 cm³/mol. The zero-order valence-corrected chi connectivity index (χ0v) is 30.2. The van der Waals surface area contributed by atoms with Crippen LogP contribution in [0.25, 0.3) is 0 Å². The number of nitrogens with zero attached hydrogens (tertiary/aromatic N) is 2. The maximum atomic E-state index is 14.5. The predicted octanol–water partition coefficient (Wildman–Crippen LogP) is 2.33. The number of hydrogen-bond acceptors (Lipinski definition) is 10. The van der Waals surface area contributed by atoms with Crippen molar-refractivity contribution in [3.63, 3.8) is 0 Å². The SMILES string of the molecule is CC[C@H](C)[C@@H](C(=O)O)N(C(=O)CC(O)[C@@H](N)Cc1ccc(N)cc1)C(=O)[C@H](Cc1cnc[nH]1)NC(=O)[C@H](Cc1ccccc1)NC(=O)OC(C)(C)C. The summed E-state index contributed by atoms with van der Waals surface area (Å²) in [4.78, 5) is 75.6. The van der Waals surface area contributed by atoms with Gasteiger partial charge in [-0.25, -0.2) is 14.6 Å². The first-order valence-corrected chi connectivity index (χ1v) is 17.2. The fraction of sp³-hybridized carbons (Fsp3) is 0.459. The highest BCUT2D eigenvalue weighted by Gasteiger charge is 2.42. The number of carbonyl (C=O) groups excluding carboxylic acids is 4. The molecule has 1 aromatic heterocycles. The van der Waals surface area contributed by atoms with Crippen LogP contribution in [0.4, 0.5) is 10.5 Å². The molecular weight excluding hydrogens is 670 g/mol. The zero-order chi connectivity index (χ0) is 38.6. The van der Waals surface area contributed by atoms with E-state index in [2.05, 4.69) is 20.6 Å². The van der Waals surface area contributed by atoms with Gasteiger partial charge in [-0.2, -0.15) is 0 Å². The number of hydrogen-bond donors (Lipinski definition) is 7. The fourth-order valence-electron chi connectivity index (χ4n) is 5.50. The largest absolute Gasteiger partial charge is 0.480 e. The lowest BCUT2D eigenvalue weighted by Crippen LogP contribution is -2.61. The molecule has 0 aliphatic rings. The van der Waals surface area contributed by atoms with Crippen molar-refractivity contribution in [2.75, 3.05) is 5.73 Å². The van der Waals surface area contributed by atoms with E-state index < -0.39 is 78.0 Å². The molecule has 3 aromatic rings. The molecule has 1 unspecified atom stereocenters. The van der Waals surface area contributed by atoms with Gasteiger partial charge in [0.25, 0.3) is 5.91 Å². The maximum Gasteiger partial charge on any atom is 0.408 e. The molecular formula is C37H51N7O8. The minimum atomic E-state index is -1.65. The van der Waals surface area contributed by atoms with Gasteiger partial charge < -0.3 is 42.0 Å². The third-order valence-corrected chi connectivity index (χ3v) is 8.43. The fourth-order valence-corrected chi connectivity index (χ4v) is 5.50. The molecule has 2 aromatic carbocycles. The number of anilines is 1. The number of amides is 4. The van der Waals surface area contributed by atoms with Crippen LogP contribution in [0.15, 0.2) is 67.1 Å². The number of carbonyl (C=O) groups is 5. The normalized spacial score (nSPS) is 14.9. The van der Waals surface area contributed by atoms with Gasteiger partial charge in [-0.1, -0.05) is 62.7 Å². The first kappa shape index (κ1) is 41.1. The Morgan fingerprint density at radius 1 is 0.942 bits per heavy atom. The van der Waals surface area contributed by atoms with Crippen molar-refractivity contribution in [2.45, 2.75) is 103 Å². The third-order valence-electron chi connectivity index (χ3n) is 8.43. The van der Waals surface area contributed by atoms with E-state index in [1.165, 1.54) is 12.5 Å². The van der Waals surface area contributed by atoms with E-state index in [4.69, 9.17) is 16.2 Å². The number of aliphatic carboxylic acids is 1. The molecule has 0 bridgehead atoms. The summed E-state index contributed by atoms with van der Waals surface area (Å²) >= 11 is 0. The Balaban J connectivity index is 1.98. The Morgan fingerprint density at radius 3 is 2.13 bits per heavy atom. The van der Waals surface area contributed by atoms with E-state index in [-0.39, 0.29) is 25.7 Å². The number of ether oxygens (including phenoxy) is 1. The van der Waals surface area contributed by atoms with Crippen LogP contribution in [0.1, 0.15) is 64.3 Å². The molecule has 0 aliphatic heterocycles. The van der Waals surface area contributed by atoms with Crippen molar-refractivity contribution in [3.05, 3.63) is 83.9 Å². The van der Waals surface area contributed by atoms with Gasteiger partial charge in [-0.05, 0) is 56.4 Å². The second-order valence-electron chi connectivity index (χ2n) is 13.9. The number of imide groups is 1. The third kappa shape index (κ3) is 12.5. The first-order chi connectivity index (χ1) is 24.5. The lowest BCUT2D eigenvalue weighted by Gasteiger charge is -2.35. The Morgan fingerprint density at radius 2 is 1.58 bits per heavy atom. The molecule has 1 heterocycles. The number of alkyl carbamates (subject to hydrolysis) is 1. The van der Waals surface area contributed by atoms with Crippen molar-refractivity contribution in [3.8, 4) is 0 Å². The van der Waals surface area contributed by atoms with Crippen LogP contribution in [-0.4, -0.2) is 90.7 Å². The van der Waals surface area contributed by atoms with Crippen LogP contribution in [0.3, 0.4) is 0 Å². The van der Waals surface area contributed by atoms with Gasteiger partial charge in [0.05, 0.1) is 18.9 Å². The first-order valence-electron chi connectivity index (χ1n) is 17.2. The number of aliphatic hydroxyl groups is 1. The molecule has 0 saturated carbocycles. The number of imidazole rings is 1. The summed E-state index contributed by atoms with van der Waals surface area (Å²) < 4.78 is 5.39. The van der Waals surface area contributed by atoms with E-state index in [1.54, 1.807) is 89.2 Å². The summed E-state index contributed by atoms with van der Waals surface area (Å²) in [5.74, 6) is -4.97. The summed E-state index contributed by atoms with van der Waals surface area (Å²) in [5, 5.41) is 26.6. The number of rotatable bonds is 17. The van der Waals surface area contributed by atoms with Crippen molar-refractivity contribution in [1.82, 2.24) is 25.5 Å². The molecule has 0 aliphatic carbocycles. The molecule has 0 radical (unpaired) electrons. The number of aromatic nitrogens is 2. The van der Waals surface area contributed by atoms with Crippen LogP contribution in [0.2, 0.25) is 0 Å². The molecule has 6 atom stereocenters. The van der Waals surface area contributed by atoms with Crippen molar-refractivity contribution >= 4 is 35.5 Å². The second kappa shape index (κ2) is 18.8. The topological polar surface area (TPSA) is 243 Å². The highest BCUT2D eigenvalue weighted by molar-refractivity contribution is 6.03. The van der Waals surface area contributed by atoms with Crippen LogP contribution < -0.4 is 22.1 Å². The molecule has 0 saturated heterocycles. The number of carboxylic acid groups (broad SMARTS) is 1. The zero-order valence-electron chi connectivity index (χ0n) is 30.2. The monoisotopic (exact) mass is 721 g/mol. The summed E-state index contributed by atoms with van der Waals surface area (Å²) in [7, 11) is 0. The minimum Gasteiger partial charge on any atom is -0.480 e. The van der Waals surface area contributed by atoms with E-state index in [1.807, 2.05) is 0 Å². The standard InChI is InChI=1S/C37H51N7O8/c1-6-22(2)32(35(49)50)44(31(46)19-30(45)27(39)16-24-12-14-25(38)15-13-24)34(48)29(18-26-20-40-21-41-26)42-33(47)28(17-23-10-8-7-9-11-23)43-36(51)52-37(3,4)5/h7-15,20-22,27-30,32,45H,6,16-19,38-39H2,1-5H3,(H,40,41)(H,42,47)(H,43,51)(H,49,50)/t22-,27-,28-,29-,30?,32-/m0/s1. The van der Waals surface area contributed by atoms with Gasteiger partial charge in [0.2, 0.25) is 11.8 Å². The molecule has 0 fully saturated rings. The highest BCUT2D eigenvalue weighted by Crippen LogP contribution is 2.21. The van der Waals surface area contributed by atoms with Crippen molar-refractivity contribution in [1.29, 1.82) is 0 Å². The highest BCUT2D eigenvalue weighted by atomic mass is 16.6. The van der Waals surface area contributed by atoms with Crippen LogP contribution >= 0.6 is 0 Å². The molecule has 52 heavy (non-hydrogen) atoms. The number of carboxylic acids is 1. The number of nitrogens with two attached hydrogens (primary N) is 2. The summed E-state index contributed by atoms with van der Waals surface area (Å²) in [6.07, 6.45) is 0.0251. The molecule has 0 spiro atoms. The Bertz CT molecular complexity index is 1630. The van der Waals surface area contributed by atoms with Crippen molar-refractivity contribution < 1.29 is 38.9 Å². The second-order valence-corrected chi connectivity index (χ2v) is 13.9. The summed E-state index contributed by atoms with van der Waals surface area (Å²) in [6, 6.07) is 10.3. The van der Waals surface area contributed by atoms with E-state index >= 15 is 0 Å². The Kier molecular flexibility index (Phi) is 14.9. The molecule has 9 N–H and O–H groups in total. The molecule has 15 heteroatoms. The average Bonchev–Trinajstić information content (AvgIpc) is 3.59. The molecule has 4 amide bonds. The van der Waals surface area contributed by atoms with Crippen molar-refractivity contribution in [2.24, 2.45) is 11.7 Å². The number of H-pyrrole nitrogens is 1. The smallest absolute Gasteiger partial charge is 0.408 e. The number of benzene rings is 2. The van der Waals surface area contributed by atoms with Crippen LogP contribution in [-0.2, 0) is 43.2 Å². The van der Waals surface area contributed by atoms with E-state index in [0.717, 1.165) is 5.56 Å². The van der Waals surface area contributed by atoms with Gasteiger partial charge in [0.15, 0.2) is 0 Å².